The van der Waals surface area contributed by atoms with Gasteiger partial charge in [-0.2, -0.15) is 0 Å². The molecular weight excluding hydrogens is 270 g/mol. The highest BCUT2D eigenvalue weighted by molar-refractivity contribution is 9.10. The van der Waals surface area contributed by atoms with Gasteiger partial charge in [0.2, 0.25) is 0 Å². The van der Waals surface area contributed by atoms with E-state index in [2.05, 4.69) is 31.2 Å². The highest BCUT2D eigenvalue weighted by Gasteiger charge is 2.01. The number of nitrogens with zero attached hydrogens (tertiary/aromatic N) is 2. The highest BCUT2D eigenvalue weighted by Crippen LogP contribution is 2.13. The molecule has 2 heterocycles. The second-order valence-corrected chi connectivity index (χ2v) is 4.14. The lowest BCUT2D eigenvalue weighted by atomic mass is 10.3. The average molecular weight is 282 g/mol. The molecule has 0 aliphatic heterocycles. The number of aromatic nitrogens is 2. The summed E-state index contributed by atoms with van der Waals surface area (Å²) in [4.78, 5) is 8.61. The first-order valence-electron chi connectivity index (χ1n) is 5.06. The van der Waals surface area contributed by atoms with Crippen LogP contribution in [-0.4, -0.2) is 9.97 Å². The summed E-state index contributed by atoms with van der Waals surface area (Å²) in [6, 6.07) is 3.78. The molecule has 0 aromatic carbocycles. The molecule has 2 aromatic rings. The summed E-state index contributed by atoms with van der Waals surface area (Å²) in [5.74, 6) is 1.64. The topological polar surface area (TPSA) is 51.0 Å². The van der Waals surface area contributed by atoms with Crippen LogP contribution in [-0.2, 0) is 13.0 Å². The number of hydrogen-bond donors (Lipinski definition) is 1. The van der Waals surface area contributed by atoms with E-state index in [4.69, 9.17) is 4.42 Å². The van der Waals surface area contributed by atoms with Crippen molar-refractivity contribution in [2.45, 2.75) is 19.9 Å². The van der Waals surface area contributed by atoms with Crippen LogP contribution in [0.1, 0.15) is 18.3 Å². The van der Waals surface area contributed by atoms with Gasteiger partial charge >= 0.3 is 0 Å². The maximum atomic E-state index is 4.99. The molecule has 0 aliphatic rings. The van der Waals surface area contributed by atoms with Crippen molar-refractivity contribution in [3.05, 3.63) is 40.7 Å². The number of anilines is 1. The van der Waals surface area contributed by atoms with Gasteiger partial charge in [0, 0.05) is 24.6 Å². The predicted octanol–water partition coefficient (Wildman–Crippen LogP) is 3.01. The van der Waals surface area contributed by atoms with Crippen molar-refractivity contribution in [2.24, 2.45) is 0 Å². The van der Waals surface area contributed by atoms with Crippen LogP contribution in [0.4, 0.5) is 5.82 Å². The van der Waals surface area contributed by atoms with Crippen molar-refractivity contribution in [3.63, 3.8) is 0 Å². The fraction of sp³-hybridized carbons (Fsp3) is 0.273. The average Bonchev–Trinajstić information content (AvgIpc) is 2.78. The van der Waals surface area contributed by atoms with E-state index in [-0.39, 0.29) is 0 Å². The van der Waals surface area contributed by atoms with Gasteiger partial charge in [-0.3, -0.25) is 0 Å². The van der Waals surface area contributed by atoms with Crippen LogP contribution in [0.3, 0.4) is 0 Å². The van der Waals surface area contributed by atoms with Crippen LogP contribution < -0.4 is 5.32 Å². The molecule has 0 fully saturated rings. The van der Waals surface area contributed by atoms with E-state index in [0.29, 0.717) is 6.54 Å². The molecule has 0 aliphatic carbocycles. The molecule has 0 saturated heterocycles. The zero-order valence-electron chi connectivity index (χ0n) is 8.90. The lowest BCUT2D eigenvalue weighted by Gasteiger charge is -2.05. The van der Waals surface area contributed by atoms with E-state index in [1.807, 2.05) is 19.1 Å². The van der Waals surface area contributed by atoms with Gasteiger partial charge in [0.25, 0.3) is 0 Å². The summed E-state index contributed by atoms with van der Waals surface area (Å²) in [6.45, 7) is 2.73. The van der Waals surface area contributed by atoms with Gasteiger partial charge < -0.3 is 9.73 Å². The van der Waals surface area contributed by atoms with Gasteiger partial charge in [-0.1, -0.05) is 6.92 Å². The van der Waals surface area contributed by atoms with E-state index in [1.54, 1.807) is 12.5 Å². The van der Waals surface area contributed by atoms with Gasteiger partial charge in [0.05, 0.1) is 12.5 Å². The maximum Gasteiger partial charge on any atom is 0.131 e. The molecule has 16 heavy (non-hydrogen) atoms. The largest absolute Gasteiger partial charge is 0.472 e. The first-order valence-corrected chi connectivity index (χ1v) is 5.85. The Kier molecular flexibility index (Phi) is 3.56. The van der Waals surface area contributed by atoms with Crippen LogP contribution in [0.15, 0.2) is 33.7 Å². The Hall–Kier alpha value is -1.36. The number of halogens is 1. The number of hydrogen-bond acceptors (Lipinski definition) is 4. The smallest absolute Gasteiger partial charge is 0.131 e. The monoisotopic (exact) mass is 281 g/mol. The molecule has 0 atom stereocenters. The Bertz CT molecular complexity index is 456. The molecule has 0 saturated carbocycles. The summed E-state index contributed by atoms with van der Waals surface area (Å²) in [6.07, 6.45) is 4.19. The second-order valence-electron chi connectivity index (χ2n) is 3.33. The van der Waals surface area contributed by atoms with E-state index in [1.165, 1.54) is 0 Å². The molecule has 0 unspecified atom stereocenters. The predicted molar refractivity (Wildman–Crippen MR) is 65.1 cm³/mol. The van der Waals surface area contributed by atoms with Gasteiger partial charge in [0.1, 0.15) is 16.2 Å². The van der Waals surface area contributed by atoms with E-state index in [0.717, 1.165) is 28.2 Å². The molecular formula is C11H12BrN3O. The number of furan rings is 1. The zero-order chi connectivity index (χ0) is 11.4. The third-order valence-electron chi connectivity index (χ3n) is 2.11. The SMILES string of the molecule is CCc1nc(Br)cc(NCc2ccoc2)n1. The standard InChI is InChI=1S/C11H12BrN3O/c1-2-10-14-9(12)5-11(15-10)13-6-8-3-4-16-7-8/h3-5,7H,2,6H2,1H3,(H,13,14,15). The third-order valence-corrected chi connectivity index (χ3v) is 2.52. The Morgan fingerprint density at radius 3 is 3.00 bits per heavy atom. The van der Waals surface area contributed by atoms with Crippen molar-refractivity contribution in [1.29, 1.82) is 0 Å². The number of nitrogens with one attached hydrogen (secondary N) is 1. The Balaban J connectivity index is 2.06. The van der Waals surface area contributed by atoms with Crippen molar-refractivity contribution in [2.75, 3.05) is 5.32 Å². The lowest BCUT2D eigenvalue weighted by Crippen LogP contribution is -2.03. The van der Waals surface area contributed by atoms with Crippen molar-refractivity contribution >= 4 is 21.7 Å². The minimum Gasteiger partial charge on any atom is -0.472 e. The molecule has 2 rings (SSSR count). The van der Waals surface area contributed by atoms with Crippen molar-refractivity contribution < 1.29 is 4.42 Å². The molecule has 0 bridgehead atoms. The summed E-state index contributed by atoms with van der Waals surface area (Å²) < 4.78 is 5.79. The van der Waals surface area contributed by atoms with Crippen LogP contribution in [0.25, 0.3) is 0 Å². The number of rotatable bonds is 4. The second kappa shape index (κ2) is 5.12. The Morgan fingerprint density at radius 1 is 1.44 bits per heavy atom. The fourth-order valence-corrected chi connectivity index (χ4v) is 1.72. The van der Waals surface area contributed by atoms with E-state index >= 15 is 0 Å². The molecule has 5 heteroatoms. The fourth-order valence-electron chi connectivity index (χ4n) is 1.30. The van der Waals surface area contributed by atoms with Gasteiger partial charge in [-0.15, -0.1) is 0 Å². The van der Waals surface area contributed by atoms with Gasteiger partial charge in [-0.25, -0.2) is 9.97 Å². The quantitative estimate of drug-likeness (QED) is 0.876. The van der Waals surface area contributed by atoms with Crippen molar-refractivity contribution in [1.82, 2.24) is 9.97 Å². The van der Waals surface area contributed by atoms with Crippen LogP contribution in [0.2, 0.25) is 0 Å². The molecule has 0 amide bonds. The molecule has 1 N–H and O–H groups in total. The van der Waals surface area contributed by atoms with Gasteiger partial charge in [0.15, 0.2) is 0 Å². The van der Waals surface area contributed by atoms with E-state index in [9.17, 15) is 0 Å². The highest BCUT2D eigenvalue weighted by atomic mass is 79.9. The summed E-state index contributed by atoms with van der Waals surface area (Å²) in [5.41, 5.74) is 1.09. The maximum absolute atomic E-state index is 4.99. The Labute approximate surface area is 102 Å². The third kappa shape index (κ3) is 2.82. The minimum atomic E-state index is 0.698. The van der Waals surface area contributed by atoms with E-state index < -0.39 is 0 Å². The van der Waals surface area contributed by atoms with Crippen molar-refractivity contribution in [3.8, 4) is 0 Å². The number of aryl methyl sites for hydroxylation is 1. The molecule has 4 nitrogen and oxygen atoms in total. The molecule has 0 spiro atoms. The van der Waals surface area contributed by atoms with Gasteiger partial charge in [-0.05, 0) is 22.0 Å². The summed E-state index contributed by atoms with van der Waals surface area (Å²) in [5, 5.41) is 3.22. The summed E-state index contributed by atoms with van der Waals surface area (Å²) in [7, 11) is 0. The van der Waals surface area contributed by atoms with Crippen LogP contribution >= 0.6 is 15.9 Å². The molecule has 2 aromatic heterocycles. The first kappa shape index (κ1) is 11.1. The first-order chi connectivity index (χ1) is 7.78. The molecule has 0 radical (unpaired) electrons. The van der Waals surface area contributed by atoms with Crippen LogP contribution in [0, 0.1) is 0 Å². The summed E-state index contributed by atoms with van der Waals surface area (Å²) >= 11 is 3.36. The molecule has 84 valence electrons. The minimum absolute atomic E-state index is 0.698. The Morgan fingerprint density at radius 2 is 2.31 bits per heavy atom. The zero-order valence-corrected chi connectivity index (χ0v) is 10.5. The normalized spacial score (nSPS) is 10.4. The van der Waals surface area contributed by atoms with Crippen LogP contribution in [0.5, 0.6) is 0 Å². The lowest BCUT2D eigenvalue weighted by molar-refractivity contribution is 0.564.